The first-order valence-corrected chi connectivity index (χ1v) is 7.63. The normalized spacial score (nSPS) is 32.6. The zero-order valence-corrected chi connectivity index (χ0v) is 11.4. The maximum absolute atomic E-state index is 12.3. The summed E-state index contributed by atoms with van der Waals surface area (Å²) in [4.78, 5) is 23.5. The summed E-state index contributed by atoms with van der Waals surface area (Å²) in [7, 11) is 0. The van der Waals surface area contributed by atoms with Crippen molar-refractivity contribution >= 4 is 11.9 Å². The molecular weight excluding hydrogens is 242 g/mol. The van der Waals surface area contributed by atoms with Crippen LogP contribution in [0.3, 0.4) is 0 Å². The van der Waals surface area contributed by atoms with E-state index in [0.717, 1.165) is 31.7 Å². The van der Waals surface area contributed by atoms with Crippen molar-refractivity contribution in [3.05, 3.63) is 0 Å². The third kappa shape index (κ3) is 2.63. The van der Waals surface area contributed by atoms with E-state index in [1.165, 1.54) is 25.7 Å². The smallest absolute Gasteiger partial charge is 0.307 e. The molecule has 2 atom stereocenters. The quantitative estimate of drug-likeness (QED) is 0.800. The van der Waals surface area contributed by atoms with Crippen LogP contribution >= 0.6 is 0 Å². The van der Waals surface area contributed by atoms with Gasteiger partial charge in [0.15, 0.2) is 0 Å². The minimum atomic E-state index is -0.803. The van der Waals surface area contributed by atoms with Gasteiger partial charge < -0.3 is 10.4 Å². The van der Waals surface area contributed by atoms with Crippen LogP contribution in [0.2, 0.25) is 0 Å². The van der Waals surface area contributed by atoms with Crippen LogP contribution in [0.4, 0.5) is 0 Å². The first-order chi connectivity index (χ1) is 9.12. The highest BCUT2D eigenvalue weighted by Gasteiger charge is 2.53. The van der Waals surface area contributed by atoms with Crippen LogP contribution in [0.25, 0.3) is 0 Å². The maximum atomic E-state index is 12.3. The van der Waals surface area contributed by atoms with Crippen LogP contribution in [0.1, 0.15) is 51.4 Å². The van der Waals surface area contributed by atoms with E-state index in [9.17, 15) is 14.7 Å². The average molecular weight is 265 g/mol. The summed E-state index contributed by atoms with van der Waals surface area (Å²) in [5.74, 6) is -0.761. The molecule has 3 aliphatic rings. The Morgan fingerprint density at radius 1 is 1.05 bits per heavy atom. The molecule has 0 aromatic heterocycles. The Bertz CT molecular complexity index is 385. The second-order valence-electron chi connectivity index (χ2n) is 6.69. The van der Waals surface area contributed by atoms with Crippen molar-refractivity contribution < 1.29 is 14.7 Å². The lowest BCUT2D eigenvalue weighted by Gasteiger charge is -2.28. The Morgan fingerprint density at radius 2 is 1.68 bits per heavy atom. The molecule has 0 bridgehead atoms. The summed E-state index contributed by atoms with van der Waals surface area (Å²) < 4.78 is 0. The number of aliphatic carboxylic acids is 1. The van der Waals surface area contributed by atoms with Crippen LogP contribution in [-0.4, -0.2) is 23.5 Å². The minimum absolute atomic E-state index is 0.0148. The Hall–Kier alpha value is -1.06. The molecule has 0 radical (unpaired) electrons. The van der Waals surface area contributed by atoms with E-state index in [-0.39, 0.29) is 11.8 Å². The summed E-state index contributed by atoms with van der Waals surface area (Å²) in [6.45, 7) is 0.777. The third-order valence-corrected chi connectivity index (χ3v) is 5.37. The van der Waals surface area contributed by atoms with Gasteiger partial charge >= 0.3 is 5.97 Å². The summed E-state index contributed by atoms with van der Waals surface area (Å²) >= 11 is 0. The lowest BCUT2D eigenvalue weighted by atomic mass is 9.78. The zero-order chi connectivity index (χ0) is 13.5. The maximum Gasteiger partial charge on any atom is 0.307 e. The SMILES string of the molecule is O=C(O)[C@H]1CCCC[C@H]1C(=O)NCC1(C2CC2)CC1. The summed E-state index contributed by atoms with van der Waals surface area (Å²) in [5, 5.41) is 12.3. The van der Waals surface area contributed by atoms with Gasteiger partial charge in [0.2, 0.25) is 5.91 Å². The van der Waals surface area contributed by atoms with Crippen LogP contribution in [-0.2, 0) is 9.59 Å². The van der Waals surface area contributed by atoms with Crippen molar-refractivity contribution in [3.63, 3.8) is 0 Å². The van der Waals surface area contributed by atoms with E-state index in [1.807, 2.05) is 0 Å². The lowest BCUT2D eigenvalue weighted by Crippen LogP contribution is -2.42. The number of carbonyl (C=O) groups excluding carboxylic acids is 1. The van der Waals surface area contributed by atoms with Gasteiger partial charge in [0.25, 0.3) is 0 Å². The Balaban J connectivity index is 1.55. The number of nitrogens with one attached hydrogen (secondary N) is 1. The van der Waals surface area contributed by atoms with Crippen molar-refractivity contribution in [2.45, 2.75) is 51.4 Å². The molecule has 0 aromatic rings. The van der Waals surface area contributed by atoms with E-state index < -0.39 is 11.9 Å². The van der Waals surface area contributed by atoms with Crippen molar-refractivity contribution in [1.82, 2.24) is 5.32 Å². The van der Waals surface area contributed by atoms with Crippen molar-refractivity contribution in [2.75, 3.05) is 6.54 Å². The molecule has 3 fully saturated rings. The fourth-order valence-electron chi connectivity index (χ4n) is 3.72. The van der Waals surface area contributed by atoms with Gasteiger partial charge in [0, 0.05) is 6.54 Å². The van der Waals surface area contributed by atoms with Crippen LogP contribution in [0.15, 0.2) is 0 Å². The molecule has 0 spiro atoms. The van der Waals surface area contributed by atoms with Crippen LogP contribution in [0, 0.1) is 23.2 Å². The molecule has 0 heterocycles. The van der Waals surface area contributed by atoms with E-state index in [0.29, 0.717) is 11.8 Å². The first-order valence-electron chi connectivity index (χ1n) is 7.63. The van der Waals surface area contributed by atoms with Gasteiger partial charge in [-0.3, -0.25) is 9.59 Å². The molecule has 0 aromatic carbocycles. The summed E-state index contributed by atoms with van der Waals surface area (Å²) in [6, 6.07) is 0. The van der Waals surface area contributed by atoms with Crippen LogP contribution in [0.5, 0.6) is 0 Å². The first kappa shape index (κ1) is 12.9. The molecule has 1 amide bonds. The average Bonchev–Trinajstić information content (AvgIpc) is 3.28. The topological polar surface area (TPSA) is 66.4 Å². The molecule has 106 valence electrons. The lowest BCUT2D eigenvalue weighted by molar-refractivity contribution is -0.149. The fraction of sp³-hybridized carbons (Fsp3) is 0.867. The zero-order valence-electron chi connectivity index (χ0n) is 11.4. The summed E-state index contributed by atoms with van der Waals surface area (Å²) in [6.07, 6.45) is 8.42. The number of hydrogen-bond donors (Lipinski definition) is 2. The molecule has 3 aliphatic carbocycles. The number of rotatable bonds is 5. The van der Waals surface area contributed by atoms with E-state index in [1.54, 1.807) is 0 Å². The Morgan fingerprint density at radius 3 is 2.21 bits per heavy atom. The molecule has 4 heteroatoms. The third-order valence-electron chi connectivity index (χ3n) is 5.37. The number of carboxylic acids is 1. The van der Waals surface area contributed by atoms with Crippen molar-refractivity contribution in [3.8, 4) is 0 Å². The van der Waals surface area contributed by atoms with E-state index in [4.69, 9.17) is 0 Å². The van der Waals surface area contributed by atoms with Crippen molar-refractivity contribution in [1.29, 1.82) is 0 Å². The Kier molecular flexibility index (Phi) is 3.27. The molecular formula is C15H23NO3. The summed E-state index contributed by atoms with van der Waals surface area (Å²) in [5.41, 5.74) is 0.392. The second kappa shape index (κ2) is 4.80. The second-order valence-corrected chi connectivity index (χ2v) is 6.69. The van der Waals surface area contributed by atoms with Gasteiger partial charge in [-0.15, -0.1) is 0 Å². The highest BCUT2D eigenvalue weighted by atomic mass is 16.4. The monoisotopic (exact) mass is 265 g/mol. The predicted octanol–water partition coefficient (Wildman–Crippen LogP) is 2.18. The molecule has 3 saturated carbocycles. The van der Waals surface area contributed by atoms with Gasteiger partial charge in [0.05, 0.1) is 11.8 Å². The van der Waals surface area contributed by atoms with Gasteiger partial charge in [0.1, 0.15) is 0 Å². The highest BCUT2D eigenvalue weighted by molar-refractivity contribution is 5.84. The Labute approximate surface area is 113 Å². The van der Waals surface area contributed by atoms with Gasteiger partial charge in [-0.25, -0.2) is 0 Å². The fourth-order valence-corrected chi connectivity index (χ4v) is 3.72. The predicted molar refractivity (Wildman–Crippen MR) is 70.5 cm³/mol. The van der Waals surface area contributed by atoms with Crippen LogP contribution < -0.4 is 5.32 Å². The van der Waals surface area contributed by atoms with Crippen molar-refractivity contribution in [2.24, 2.45) is 23.2 Å². The number of amides is 1. The highest BCUT2D eigenvalue weighted by Crippen LogP contribution is 2.60. The molecule has 19 heavy (non-hydrogen) atoms. The largest absolute Gasteiger partial charge is 0.481 e. The molecule has 0 saturated heterocycles. The number of carbonyl (C=O) groups is 2. The molecule has 0 unspecified atom stereocenters. The van der Waals surface area contributed by atoms with Gasteiger partial charge in [-0.2, -0.15) is 0 Å². The van der Waals surface area contributed by atoms with Gasteiger partial charge in [-0.05, 0) is 49.9 Å². The molecule has 3 rings (SSSR count). The number of hydrogen-bond acceptors (Lipinski definition) is 2. The number of carboxylic acid groups (broad SMARTS) is 1. The standard InChI is InChI=1S/C15H23NO3/c17-13(11-3-1-2-4-12(11)14(18)19)16-9-15(7-8-15)10-5-6-10/h10-12H,1-9H2,(H,16,17)(H,18,19)/t11-,12+/m1/s1. The molecule has 2 N–H and O–H groups in total. The van der Waals surface area contributed by atoms with Gasteiger partial charge in [-0.1, -0.05) is 12.8 Å². The minimum Gasteiger partial charge on any atom is -0.481 e. The van der Waals surface area contributed by atoms with E-state index in [2.05, 4.69) is 5.32 Å². The molecule has 0 aliphatic heterocycles. The molecule has 4 nitrogen and oxygen atoms in total. The van der Waals surface area contributed by atoms with E-state index >= 15 is 0 Å².